The summed E-state index contributed by atoms with van der Waals surface area (Å²) in [4.78, 5) is 4.06. The predicted octanol–water partition coefficient (Wildman–Crippen LogP) is 3.44. The van der Waals surface area contributed by atoms with Crippen molar-refractivity contribution in [3.05, 3.63) is 29.6 Å². The molecule has 1 aromatic rings. The molecule has 2 unspecified atom stereocenters. The molecule has 3 heteroatoms. The SMILES string of the molecule is CCC1CCCCC1OCc1cccnc1C#N. The lowest BCUT2D eigenvalue weighted by atomic mass is 9.85. The predicted molar refractivity (Wildman–Crippen MR) is 69.8 cm³/mol. The number of nitriles is 1. The number of hydrogen-bond donors (Lipinski definition) is 0. The fourth-order valence-electron chi connectivity index (χ4n) is 2.71. The molecule has 1 aromatic heterocycles. The zero-order chi connectivity index (χ0) is 12.8. The van der Waals surface area contributed by atoms with E-state index in [-0.39, 0.29) is 0 Å². The minimum atomic E-state index is 0.357. The van der Waals surface area contributed by atoms with Crippen LogP contribution in [0.15, 0.2) is 18.3 Å². The van der Waals surface area contributed by atoms with E-state index in [0.717, 1.165) is 12.0 Å². The van der Waals surface area contributed by atoms with Gasteiger partial charge in [0.1, 0.15) is 11.8 Å². The van der Waals surface area contributed by atoms with Crippen molar-refractivity contribution in [1.82, 2.24) is 4.98 Å². The molecule has 0 radical (unpaired) electrons. The zero-order valence-corrected chi connectivity index (χ0v) is 10.9. The van der Waals surface area contributed by atoms with Crippen LogP contribution in [0.25, 0.3) is 0 Å². The molecule has 0 spiro atoms. The number of rotatable bonds is 4. The van der Waals surface area contributed by atoms with Crippen molar-refractivity contribution in [2.24, 2.45) is 5.92 Å². The van der Waals surface area contributed by atoms with Crippen LogP contribution in [-0.4, -0.2) is 11.1 Å². The molecule has 18 heavy (non-hydrogen) atoms. The molecule has 96 valence electrons. The summed E-state index contributed by atoms with van der Waals surface area (Å²) in [5.74, 6) is 0.681. The van der Waals surface area contributed by atoms with Crippen molar-refractivity contribution >= 4 is 0 Å². The van der Waals surface area contributed by atoms with E-state index in [1.54, 1.807) is 6.20 Å². The molecule has 0 N–H and O–H groups in total. The van der Waals surface area contributed by atoms with E-state index in [2.05, 4.69) is 18.0 Å². The Morgan fingerprint density at radius 2 is 2.28 bits per heavy atom. The van der Waals surface area contributed by atoms with Crippen molar-refractivity contribution in [2.75, 3.05) is 0 Å². The van der Waals surface area contributed by atoms with Gasteiger partial charge in [-0.25, -0.2) is 4.98 Å². The van der Waals surface area contributed by atoms with Gasteiger partial charge in [-0.3, -0.25) is 0 Å². The molecule has 1 saturated carbocycles. The lowest BCUT2D eigenvalue weighted by molar-refractivity contribution is -0.0223. The minimum Gasteiger partial charge on any atom is -0.373 e. The third kappa shape index (κ3) is 3.08. The summed E-state index contributed by atoms with van der Waals surface area (Å²) in [5, 5.41) is 8.99. The highest BCUT2D eigenvalue weighted by Gasteiger charge is 2.24. The molecule has 1 aliphatic carbocycles. The monoisotopic (exact) mass is 244 g/mol. The van der Waals surface area contributed by atoms with Crippen molar-refractivity contribution in [1.29, 1.82) is 5.26 Å². The van der Waals surface area contributed by atoms with Gasteiger partial charge in [0, 0.05) is 11.8 Å². The summed E-state index contributed by atoms with van der Waals surface area (Å²) in [6.07, 6.45) is 8.21. The van der Waals surface area contributed by atoms with Crippen LogP contribution in [0.5, 0.6) is 0 Å². The van der Waals surface area contributed by atoms with Gasteiger partial charge in [0.2, 0.25) is 0 Å². The maximum atomic E-state index is 8.99. The van der Waals surface area contributed by atoms with Crippen LogP contribution >= 0.6 is 0 Å². The second-order valence-corrected chi connectivity index (χ2v) is 4.93. The molecule has 0 bridgehead atoms. The molecule has 0 saturated heterocycles. The summed E-state index contributed by atoms with van der Waals surface area (Å²) >= 11 is 0. The Morgan fingerprint density at radius 1 is 1.44 bits per heavy atom. The molecule has 0 amide bonds. The fraction of sp³-hybridized carbons (Fsp3) is 0.600. The largest absolute Gasteiger partial charge is 0.373 e. The maximum absolute atomic E-state index is 8.99. The van der Waals surface area contributed by atoms with E-state index in [0.29, 0.717) is 24.3 Å². The lowest BCUT2D eigenvalue weighted by Crippen LogP contribution is -2.27. The highest BCUT2D eigenvalue weighted by molar-refractivity contribution is 5.29. The number of nitrogens with zero attached hydrogens (tertiary/aromatic N) is 2. The van der Waals surface area contributed by atoms with Crippen molar-refractivity contribution < 1.29 is 4.74 Å². The Kier molecular flexibility index (Phi) is 4.72. The van der Waals surface area contributed by atoms with Crippen LogP contribution in [0.4, 0.5) is 0 Å². The van der Waals surface area contributed by atoms with Gasteiger partial charge in [0.15, 0.2) is 0 Å². The Hall–Kier alpha value is -1.40. The smallest absolute Gasteiger partial charge is 0.145 e. The number of ether oxygens (including phenoxy) is 1. The van der Waals surface area contributed by atoms with Gasteiger partial charge in [-0.15, -0.1) is 0 Å². The van der Waals surface area contributed by atoms with Crippen LogP contribution in [0.3, 0.4) is 0 Å². The topological polar surface area (TPSA) is 45.9 Å². The number of aromatic nitrogens is 1. The molecule has 0 aromatic carbocycles. The first-order valence-corrected chi connectivity index (χ1v) is 6.80. The minimum absolute atomic E-state index is 0.357. The van der Waals surface area contributed by atoms with Gasteiger partial charge < -0.3 is 4.74 Å². The van der Waals surface area contributed by atoms with E-state index >= 15 is 0 Å². The molecular formula is C15H20N2O. The second-order valence-electron chi connectivity index (χ2n) is 4.93. The Bertz CT molecular complexity index is 425. The van der Waals surface area contributed by atoms with Crippen LogP contribution in [0.1, 0.15) is 50.3 Å². The van der Waals surface area contributed by atoms with Crippen molar-refractivity contribution in [2.45, 2.75) is 51.7 Å². The first-order chi connectivity index (χ1) is 8.85. The molecule has 0 aliphatic heterocycles. The quantitative estimate of drug-likeness (QED) is 0.815. The third-order valence-corrected chi connectivity index (χ3v) is 3.81. The standard InChI is InChI=1S/C15H20N2O/c1-2-12-6-3-4-8-15(12)18-11-13-7-5-9-17-14(13)10-16/h5,7,9,12,15H,2-4,6,8,11H2,1H3. The van der Waals surface area contributed by atoms with Gasteiger partial charge >= 0.3 is 0 Å². The molecule has 3 nitrogen and oxygen atoms in total. The lowest BCUT2D eigenvalue weighted by Gasteiger charge is -2.30. The van der Waals surface area contributed by atoms with E-state index < -0.39 is 0 Å². The van der Waals surface area contributed by atoms with Gasteiger partial charge in [0.05, 0.1) is 12.7 Å². The summed E-state index contributed by atoms with van der Waals surface area (Å²) in [6.45, 7) is 2.75. The molecule has 2 atom stereocenters. The van der Waals surface area contributed by atoms with Crippen LogP contribution < -0.4 is 0 Å². The molecule has 1 aliphatic rings. The molecule has 1 fully saturated rings. The number of hydrogen-bond acceptors (Lipinski definition) is 3. The molecule has 1 heterocycles. The van der Waals surface area contributed by atoms with Gasteiger partial charge in [0.25, 0.3) is 0 Å². The summed E-state index contributed by atoms with van der Waals surface area (Å²) in [7, 11) is 0. The summed E-state index contributed by atoms with van der Waals surface area (Å²) < 4.78 is 6.02. The van der Waals surface area contributed by atoms with Crippen LogP contribution in [-0.2, 0) is 11.3 Å². The Morgan fingerprint density at radius 3 is 3.06 bits per heavy atom. The highest BCUT2D eigenvalue weighted by atomic mass is 16.5. The van der Waals surface area contributed by atoms with Crippen LogP contribution in [0, 0.1) is 17.2 Å². The van der Waals surface area contributed by atoms with Gasteiger partial charge in [-0.05, 0) is 24.8 Å². The van der Waals surface area contributed by atoms with Crippen LogP contribution in [0.2, 0.25) is 0 Å². The van der Waals surface area contributed by atoms with Gasteiger partial charge in [-0.2, -0.15) is 5.26 Å². The Balaban J connectivity index is 1.96. The maximum Gasteiger partial charge on any atom is 0.145 e. The second kappa shape index (κ2) is 6.51. The van der Waals surface area contributed by atoms with E-state index in [1.807, 2.05) is 12.1 Å². The molecular weight excluding hydrogens is 224 g/mol. The first kappa shape index (κ1) is 13.0. The average molecular weight is 244 g/mol. The third-order valence-electron chi connectivity index (χ3n) is 3.81. The van der Waals surface area contributed by atoms with Gasteiger partial charge in [-0.1, -0.05) is 32.3 Å². The zero-order valence-electron chi connectivity index (χ0n) is 10.9. The van der Waals surface area contributed by atoms with E-state index in [1.165, 1.54) is 25.7 Å². The number of pyridine rings is 1. The highest BCUT2D eigenvalue weighted by Crippen LogP contribution is 2.29. The average Bonchev–Trinajstić information content (AvgIpc) is 2.45. The van der Waals surface area contributed by atoms with E-state index in [9.17, 15) is 0 Å². The Labute approximate surface area is 109 Å². The summed E-state index contributed by atoms with van der Waals surface area (Å²) in [6, 6.07) is 5.90. The molecule has 2 rings (SSSR count). The first-order valence-electron chi connectivity index (χ1n) is 6.80. The fourth-order valence-corrected chi connectivity index (χ4v) is 2.71. The normalized spacial score (nSPS) is 23.6. The van der Waals surface area contributed by atoms with E-state index in [4.69, 9.17) is 10.00 Å². The summed E-state index contributed by atoms with van der Waals surface area (Å²) in [5.41, 5.74) is 1.39. The van der Waals surface area contributed by atoms with Crippen molar-refractivity contribution in [3.8, 4) is 6.07 Å². The van der Waals surface area contributed by atoms with Crippen molar-refractivity contribution in [3.63, 3.8) is 0 Å².